The van der Waals surface area contributed by atoms with E-state index in [1.165, 1.54) is 0 Å². The smallest absolute Gasteiger partial charge is 0.122 e. The first-order valence-electron chi connectivity index (χ1n) is 3.76. The molecular formula is C8H14O2. The number of hydrogen-bond acceptors (Lipinski definition) is 2. The molecule has 2 heteroatoms. The minimum Gasteiger partial charge on any atom is -0.389 e. The maximum atomic E-state index is 10.1. The first kappa shape index (κ1) is 7.73. The van der Waals surface area contributed by atoms with Gasteiger partial charge in [-0.3, -0.25) is 0 Å². The third kappa shape index (κ3) is 0.966. The molecule has 0 saturated heterocycles. The zero-order valence-electron chi connectivity index (χ0n) is 6.50. The van der Waals surface area contributed by atoms with E-state index in [1.54, 1.807) is 0 Å². The Hall–Kier alpha value is -0.370. The van der Waals surface area contributed by atoms with Gasteiger partial charge in [0.1, 0.15) is 6.29 Å². The standard InChI is InChI=1S/C8H14O2/c1-6-5-8(10,3-4-9)7(6)2/h4,6-7,10H,3,5H2,1-2H3. The highest BCUT2D eigenvalue weighted by atomic mass is 16.3. The van der Waals surface area contributed by atoms with Gasteiger partial charge in [0.15, 0.2) is 0 Å². The summed E-state index contributed by atoms with van der Waals surface area (Å²) in [6.45, 7) is 4.10. The van der Waals surface area contributed by atoms with Crippen LogP contribution < -0.4 is 0 Å². The van der Waals surface area contributed by atoms with E-state index in [1.807, 2.05) is 6.92 Å². The predicted octanol–water partition coefficient (Wildman–Crippen LogP) is 0.982. The first-order chi connectivity index (χ1) is 4.60. The van der Waals surface area contributed by atoms with Gasteiger partial charge in [-0.05, 0) is 18.3 Å². The van der Waals surface area contributed by atoms with E-state index in [0.29, 0.717) is 12.3 Å². The highest BCUT2D eigenvalue weighted by Crippen LogP contribution is 2.44. The van der Waals surface area contributed by atoms with Crippen molar-refractivity contribution in [2.75, 3.05) is 0 Å². The normalized spacial score (nSPS) is 46.3. The fraction of sp³-hybridized carbons (Fsp3) is 0.875. The van der Waals surface area contributed by atoms with Gasteiger partial charge in [0.25, 0.3) is 0 Å². The van der Waals surface area contributed by atoms with Crippen molar-refractivity contribution in [3.8, 4) is 0 Å². The summed E-state index contributed by atoms with van der Waals surface area (Å²) in [6, 6.07) is 0. The van der Waals surface area contributed by atoms with Gasteiger partial charge in [-0.1, -0.05) is 13.8 Å². The Morgan fingerprint density at radius 2 is 2.30 bits per heavy atom. The summed E-state index contributed by atoms with van der Waals surface area (Å²) >= 11 is 0. The molecular weight excluding hydrogens is 128 g/mol. The van der Waals surface area contributed by atoms with E-state index < -0.39 is 5.60 Å². The summed E-state index contributed by atoms with van der Waals surface area (Å²) in [7, 11) is 0. The molecule has 0 aromatic carbocycles. The van der Waals surface area contributed by atoms with Crippen LogP contribution in [0.15, 0.2) is 0 Å². The molecule has 10 heavy (non-hydrogen) atoms. The molecule has 0 amide bonds. The molecule has 3 unspecified atom stereocenters. The average Bonchev–Trinajstić information content (AvgIpc) is 1.88. The number of carbonyl (C=O) groups is 1. The van der Waals surface area contributed by atoms with Gasteiger partial charge in [-0.2, -0.15) is 0 Å². The molecule has 0 heterocycles. The fourth-order valence-electron chi connectivity index (χ4n) is 1.70. The van der Waals surface area contributed by atoms with Crippen LogP contribution in [0.1, 0.15) is 26.7 Å². The second-order valence-corrected chi connectivity index (χ2v) is 3.44. The maximum absolute atomic E-state index is 10.1. The number of aldehydes is 1. The molecule has 0 radical (unpaired) electrons. The molecule has 0 aromatic rings. The van der Waals surface area contributed by atoms with Gasteiger partial charge < -0.3 is 9.90 Å². The third-order valence-electron chi connectivity index (χ3n) is 2.81. The molecule has 1 aliphatic rings. The van der Waals surface area contributed by atoms with Crippen LogP contribution in [-0.4, -0.2) is 17.0 Å². The van der Waals surface area contributed by atoms with E-state index in [4.69, 9.17) is 0 Å². The molecule has 1 fully saturated rings. The van der Waals surface area contributed by atoms with Crippen molar-refractivity contribution in [1.82, 2.24) is 0 Å². The molecule has 0 spiro atoms. The summed E-state index contributed by atoms with van der Waals surface area (Å²) in [6.07, 6.45) is 1.90. The van der Waals surface area contributed by atoms with Crippen molar-refractivity contribution in [2.24, 2.45) is 11.8 Å². The molecule has 1 saturated carbocycles. The second-order valence-electron chi connectivity index (χ2n) is 3.44. The predicted molar refractivity (Wildman–Crippen MR) is 38.6 cm³/mol. The molecule has 1 N–H and O–H groups in total. The van der Waals surface area contributed by atoms with Crippen molar-refractivity contribution in [1.29, 1.82) is 0 Å². The lowest BCUT2D eigenvalue weighted by molar-refractivity contribution is -0.140. The molecule has 3 atom stereocenters. The average molecular weight is 142 g/mol. The largest absolute Gasteiger partial charge is 0.389 e. The molecule has 0 aliphatic heterocycles. The Balaban J connectivity index is 2.48. The summed E-state index contributed by atoms with van der Waals surface area (Å²) in [5.74, 6) is 0.864. The van der Waals surface area contributed by atoms with E-state index in [-0.39, 0.29) is 5.92 Å². The van der Waals surface area contributed by atoms with Gasteiger partial charge in [0.2, 0.25) is 0 Å². The van der Waals surface area contributed by atoms with Gasteiger partial charge in [-0.15, -0.1) is 0 Å². The van der Waals surface area contributed by atoms with Gasteiger partial charge in [-0.25, -0.2) is 0 Å². The van der Waals surface area contributed by atoms with Crippen molar-refractivity contribution < 1.29 is 9.90 Å². The highest BCUT2D eigenvalue weighted by molar-refractivity contribution is 5.52. The lowest BCUT2D eigenvalue weighted by atomic mass is 9.62. The van der Waals surface area contributed by atoms with Crippen LogP contribution in [0.25, 0.3) is 0 Å². The van der Waals surface area contributed by atoms with Crippen molar-refractivity contribution in [3.63, 3.8) is 0 Å². The topological polar surface area (TPSA) is 37.3 Å². The molecule has 1 rings (SSSR count). The lowest BCUT2D eigenvalue weighted by Gasteiger charge is -2.48. The summed E-state index contributed by atoms with van der Waals surface area (Å²) in [5, 5.41) is 9.62. The number of aliphatic hydroxyl groups is 1. The third-order valence-corrected chi connectivity index (χ3v) is 2.81. The number of rotatable bonds is 2. The SMILES string of the molecule is CC1CC(O)(CC=O)C1C. The zero-order valence-corrected chi connectivity index (χ0v) is 6.50. The van der Waals surface area contributed by atoms with Gasteiger partial charge in [0.05, 0.1) is 5.60 Å². The number of hydrogen-bond donors (Lipinski definition) is 1. The Morgan fingerprint density at radius 1 is 1.70 bits per heavy atom. The van der Waals surface area contributed by atoms with Crippen LogP contribution in [0.2, 0.25) is 0 Å². The number of carbonyl (C=O) groups excluding carboxylic acids is 1. The monoisotopic (exact) mass is 142 g/mol. The van der Waals surface area contributed by atoms with Gasteiger partial charge in [0, 0.05) is 6.42 Å². The van der Waals surface area contributed by atoms with E-state index in [9.17, 15) is 9.90 Å². The van der Waals surface area contributed by atoms with Crippen molar-refractivity contribution >= 4 is 6.29 Å². The summed E-state index contributed by atoms with van der Waals surface area (Å²) < 4.78 is 0. The lowest BCUT2D eigenvalue weighted by Crippen LogP contribution is -2.51. The van der Waals surface area contributed by atoms with Crippen molar-refractivity contribution in [2.45, 2.75) is 32.3 Å². The molecule has 2 nitrogen and oxygen atoms in total. The van der Waals surface area contributed by atoms with Crippen LogP contribution in [-0.2, 0) is 4.79 Å². The van der Waals surface area contributed by atoms with Crippen molar-refractivity contribution in [3.05, 3.63) is 0 Å². The van der Waals surface area contributed by atoms with E-state index >= 15 is 0 Å². The van der Waals surface area contributed by atoms with E-state index in [2.05, 4.69) is 6.92 Å². The summed E-state index contributed by atoms with van der Waals surface area (Å²) in [4.78, 5) is 10.1. The van der Waals surface area contributed by atoms with Crippen LogP contribution in [0.5, 0.6) is 0 Å². The van der Waals surface area contributed by atoms with Crippen LogP contribution in [0.3, 0.4) is 0 Å². The Bertz CT molecular complexity index is 144. The maximum Gasteiger partial charge on any atom is 0.122 e. The zero-order chi connectivity index (χ0) is 7.78. The van der Waals surface area contributed by atoms with Crippen LogP contribution in [0, 0.1) is 11.8 Å². The Labute approximate surface area is 61.2 Å². The molecule has 1 aliphatic carbocycles. The first-order valence-corrected chi connectivity index (χ1v) is 3.76. The molecule has 58 valence electrons. The fourth-order valence-corrected chi connectivity index (χ4v) is 1.70. The highest BCUT2D eigenvalue weighted by Gasteiger charge is 2.47. The Kier molecular flexibility index (Phi) is 1.82. The minimum atomic E-state index is -0.666. The van der Waals surface area contributed by atoms with Gasteiger partial charge >= 0.3 is 0 Å². The molecule has 0 bridgehead atoms. The van der Waals surface area contributed by atoms with Crippen LogP contribution >= 0.6 is 0 Å². The second kappa shape index (κ2) is 2.35. The minimum absolute atomic E-state index is 0.290. The van der Waals surface area contributed by atoms with Crippen LogP contribution in [0.4, 0.5) is 0 Å². The van der Waals surface area contributed by atoms with E-state index in [0.717, 1.165) is 12.7 Å². The summed E-state index contributed by atoms with van der Waals surface area (Å²) in [5.41, 5.74) is -0.666. The Morgan fingerprint density at radius 3 is 2.60 bits per heavy atom. The quantitative estimate of drug-likeness (QED) is 0.583. The molecule has 0 aromatic heterocycles.